The summed E-state index contributed by atoms with van der Waals surface area (Å²) in [4.78, 5) is 5.81. The van der Waals surface area contributed by atoms with Crippen LogP contribution in [-0.4, -0.2) is 37.8 Å². The Morgan fingerprint density at radius 3 is 2.12 bits per heavy atom. The minimum atomic E-state index is 0.490. The Balaban J connectivity index is 3.72. The molecule has 0 aliphatic heterocycles. The molecule has 0 spiro atoms. The van der Waals surface area contributed by atoms with Crippen molar-refractivity contribution in [2.24, 2.45) is 4.99 Å². The smallest absolute Gasteiger partial charge is 0.113 e. The highest BCUT2D eigenvalue weighted by atomic mass is 35.5. The second kappa shape index (κ2) is 3.72. The minimum absolute atomic E-state index is 0.490. The van der Waals surface area contributed by atoms with E-state index in [-0.39, 0.29) is 0 Å². The summed E-state index contributed by atoms with van der Waals surface area (Å²) in [6.45, 7) is 0. The van der Waals surface area contributed by atoms with Crippen LogP contribution in [0, 0.1) is 0 Å². The lowest BCUT2D eigenvalue weighted by molar-refractivity contribution is 0.618. The van der Waals surface area contributed by atoms with Gasteiger partial charge in [0.15, 0.2) is 0 Å². The molecule has 0 bridgehead atoms. The maximum absolute atomic E-state index is 5.49. The molecule has 0 aliphatic rings. The highest BCUT2D eigenvalue weighted by Gasteiger charge is 1.94. The molecule has 0 unspecified atom stereocenters. The number of hydrogen-bond acceptors (Lipinski definition) is 1. The average Bonchev–Trinajstić information content (AvgIpc) is 1.69. The molecule has 8 heavy (non-hydrogen) atoms. The Kier molecular flexibility index (Phi) is 3.61. The van der Waals surface area contributed by atoms with Crippen molar-refractivity contribution in [3.63, 3.8) is 0 Å². The summed E-state index contributed by atoms with van der Waals surface area (Å²) in [5.41, 5.74) is 0. The second-order valence-corrected chi connectivity index (χ2v) is 1.94. The predicted octanol–water partition coefficient (Wildman–Crippen LogP) is 0.815. The monoisotopic (exact) mass is 134 g/mol. The predicted molar refractivity (Wildman–Crippen MR) is 37.8 cm³/mol. The summed E-state index contributed by atoms with van der Waals surface area (Å²) in [5, 5.41) is 0. The van der Waals surface area contributed by atoms with Crippen LogP contribution in [0.25, 0.3) is 0 Å². The van der Waals surface area contributed by atoms with Gasteiger partial charge in [0.25, 0.3) is 0 Å². The Labute approximate surface area is 55.2 Å². The van der Waals surface area contributed by atoms with Crippen molar-refractivity contribution >= 4 is 17.4 Å². The van der Waals surface area contributed by atoms with Gasteiger partial charge in [0.2, 0.25) is 0 Å². The van der Waals surface area contributed by atoms with Crippen LogP contribution in [0.4, 0.5) is 0 Å². The summed E-state index contributed by atoms with van der Waals surface area (Å²) in [6, 6.07) is 0. The first-order chi connectivity index (χ1) is 3.72. The van der Waals surface area contributed by atoms with E-state index in [1.807, 2.05) is 19.0 Å². The first kappa shape index (κ1) is 7.76. The summed E-state index contributed by atoms with van der Waals surface area (Å²) in [7, 11) is 5.58. The van der Waals surface area contributed by atoms with E-state index in [1.165, 1.54) is 0 Å². The number of aliphatic imine (C=N–C) groups is 1. The van der Waals surface area contributed by atoms with Crippen molar-refractivity contribution in [1.82, 2.24) is 4.90 Å². The molecule has 0 aliphatic carbocycles. The van der Waals surface area contributed by atoms with Gasteiger partial charge in [0.1, 0.15) is 5.84 Å². The molecule has 0 atom stereocenters. The Morgan fingerprint density at radius 2 is 2.12 bits per heavy atom. The zero-order valence-electron chi connectivity index (χ0n) is 5.48. The highest BCUT2D eigenvalue weighted by Crippen LogP contribution is 1.85. The lowest BCUT2D eigenvalue weighted by Gasteiger charge is -2.11. The molecule has 0 rings (SSSR count). The number of alkyl halides is 1. The van der Waals surface area contributed by atoms with E-state index in [4.69, 9.17) is 11.6 Å². The molecule has 2 nitrogen and oxygen atoms in total. The van der Waals surface area contributed by atoms with Gasteiger partial charge in [-0.05, 0) is 0 Å². The molecule has 0 amide bonds. The first-order valence-corrected chi connectivity index (χ1v) is 2.94. The van der Waals surface area contributed by atoms with Crippen molar-refractivity contribution in [2.45, 2.75) is 0 Å². The topological polar surface area (TPSA) is 15.6 Å². The van der Waals surface area contributed by atoms with Gasteiger partial charge in [-0.1, -0.05) is 0 Å². The fourth-order valence-electron chi connectivity index (χ4n) is 0.379. The molecule has 0 N–H and O–H groups in total. The molecule has 0 aromatic rings. The van der Waals surface area contributed by atoms with E-state index in [0.29, 0.717) is 5.88 Å². The number of amidine groups is 1. The lowest BCUT2D eigenvalue weighted by atomic mass is 10.6. The zero-order valence-corrected chi connectivity index (χ0v) is 6.24. The number of hydrogen-bond donors (Lipinski definition) is 0. The van der Waals surface area contributed by atoms with Gasteiger partial charge >= 0.3 is 0 Å². The van der Waals surface area contributed by atoms with Crippen LogP contribution in [0.2, 0.25) is 0 Å². The van der Waals surface area contributed by atoms with Gasteiger partial charge in [-0.2, -0.15) is 0 Å². The molecule has 48 valence electrons. The molecule has 0 saturated heterocycles. The number of nitrogens with zero attached hydrogens (tertiary/aromatic N) is 2. The molecular formula is C5H11ClN2. The highest BCUT2D eigenvalue weighted by molar-refractivity contribution is 6.28. The van der Waals surface area contributed by atoms with E-state index in [0.717, 1.165) is 5.84 Å². The van der Waals surface area contributed by atoms with Crippen LogP contribution < -0.4 is 0 Å². The van der Waals surface area contributed by atoms with Gasteiger partial charge in [-0.15, -0.1) is 11.6 Å². The Morgan fingerprint density at radius 1 is 1.62 bits per heavy atom. The molecule has 0 heterocycles. The largest absolute Gasteiger partial charge is 0.366 e. The summed E-state index contributed by atoms with van der Waals surface area (Å²) in [5.74, 6) is 1.40. The number of rotatable bonds is 1. The normalized spacial score (nSPS) is 11.8. The van der Waals surface area contributed by atoms with Gasteiger partial charge < -0.3 is 4.90 Å². The van der Waals surface area contributed by atoms with Gasteiger partial charge in [0, 0.05) is 21.1 Å². The standard InChI is InChI=1S/C5H11ClN2/c1-7-5(4-6)8(2)3/h4H2,1-3H3. The van der Waals surface area contributed by atoms with Crippen LogP contribution in [-0.2, 0) is 0 Å². The van der Waals surface area contributed by atoms with Crippen LogP contribution in [0.15, 0.2) is 4.99 Å². The third-order valence-electron chi connectivity index (χ3n) is 0.894. The quantitative estimate of drug-likeness (QED) is 0.295. The Hall–Kier alpha value is -0.240. The first-order valence-electron chi connectivity index (χ1n) is 2.41. The minimum Gasteiger partial charge on any atom is -0.366 e. The van der Waals surface area contributed by atoms with E-state index in [2.05, 4.69) is 4.99 Å². The second-order valence-electron chi connectivity index (χ2n) is 1.67. The van der Waals surface area contributed by atoms with Crippen LogP contribution in [0.1, 0.15) is 0 Å². The summed E-state index contributed by atoms with van der Waals surface area (Å²) in [6.07, 6.45) is 0. The van der Waals surface area contributed by atoms with E-state index < -0.39 is 0 Å². The molecule has 0 aromatic heterocycles. The summed E-state index contributed by atoms with van der Waals surface area (Å²) >= 11 is 5.49. The molecule has 0 aromatic carbocycles. The van der Waals surface area contributed by atoms with Crippen molar-refractivity contribution in [3.8, 4) is 0 Å². The van der Waals surface area contributed by atoms with Crippen LogP contribution in [0.5, 0.6) is 0 Å². The fraction of sp³-hybridized carbons (Fsp3) is 0.800. The van der Waals surface area contributed by atoms with Gasteiger partial charge in [-0.3, -0.25) is 4.99 Å². The third kappa shape index (κ3) is 2.17. The fourth-order valence-corrected chi connectivity index (χ4v) is 0.738. The summed E-state index contributed by atoms with van der Waals surface area (Å²) < 4.78 is 0. The third-order valence-corrected chi connectivity index (χ3v) is 1.13. The zero-order chi connectivity index (χ0) is 6.57. The maximum Gasteiger partial charge on any atom is 0.113 e. The number of halogens is 1. The lowest BCUT2D eigenvalue weighted by Crippen LogP contribution is -2.22. The van der Waals surface area contributed by atoms with Crippen LogP contribution >= 0.6 is 11.6 Å². The molecule has 3 heteroatoms. The molecule has 0 radical (unpaired) electrons. The molecule has 0 fully saturated rings. The van der Waals surface area contributed by atoms with E-state index in [9.17, 15) is 0 Å². The van der Waals surface area contributed by atoms with E-state index >= 15 is 0 Å². The van der Waals surface area contributed by atoms with Crippen molar-refractivity contribution in [1.29, 1.82) is 0 Å². The van der Waals surface area contributed by atoms with Crippen molar-refractivity contribution < 1.29 is 0 Å². The Bertz CT molecular complexity index is 88.4. The van der Waals surface area contributed by atoms with Crippen LogP contribution in [0.3, 0.4) is 0 Å². The molecule has 0 saturated carbocycles. The SMILES string of the molecule is CN=C(CCl)N(C)C. The van der Waals surface area contributed by atoms with Crippen molar-refractivity contribution in [3.05, 3.63) is 0 Å². The van der Waals surface area contributed by atoms with E-state index in [1.54, 1.807) is 7.05 Å². The maximum atomic E-state index is 5.49. The van der Waals surface area contributed by atoms with Crippen molar-refractivity contribution in [2.75, 3.05) is 27.0 Å². The van der Waals surface area contributed by atoms with Gasteiger partial charge in [-0.25, -0.2) is 0 Å². The van der Waals surface area contributed by atoms with Gasteiger partial charge in [0.05, 0.1) is 5.88 Å². The molecular weight excluding hydrogens is 124 g/mol. The average molecular weight is 135 g/mol.